The number of rotatable bonds is 11. The van der Waals surface area contributed by atoms with E-state index in [1.54, 1.807) is 0 Å². The fourth-order valence-corrected chi connectivity index (χ4v) is 4.00. The van der Waals surface area contributed by atoms with E-state index in [2.05, 4.69) is 27.0 Å². The standard InChI is InChI=1S/C26H29N5O3/c27-26(34)22-17-31(18-28-22)25(33)10-5-14-30-15-13-20-11-12-21(16-23(20)30)29-24(32)9-4-8-19-6-2-1-3-7-19/h1-3,6-7,11-13,15-18,25,33H,4-5,8-10,14H2,(H2,27,34)(H,29,32). The number of carbonyl (C=O) groups is 2. The van der Waals surface area contributed by atoms with Crippen LogP contribution < -0.4 is 11.1 Å². The van der Waals surface area contributed by atoms with Crippen molar-refractivity contribution < 1.29 is 14.7 Å². The van der Waals surface area contributed by atoms with E-state index in [4.69, 9.17) is 5.73 Å². The van der Waals surface area contributed by atoms with Crippen molar-refractivity contribution in [1.82, 2.24) is 14.1 Å². The lowest BCUT2D eigenvalue weighted by molar-refractivity contribution is -0.116. The average molecular weight is 460 g/mol. The molecule has 176 valence electrons. The minimum atomic E-state index is -0.784. The molecule has 34 heavy (non-hydrogen) atoms. The number of nitrogens with one attached hydrogen (secondary N) is 1. The largest absolute Gasteiger partial charge is 0.373 e. The Morgan fingerprint density at radius 1 is 1.09 bits per heavy atom. The van der Waals surface area contributed by atoms with Gasteiger partial charge >= 0.3 is 0 Å². The zero-order valence-electron chi connectivity index (χ0n) is 18.9. The highest BCUT2D eigenvalue weighted by atomic mass is 16.3. The molecule has 0 saturated heterocycles. The topological polar surface area (TPSA) is 115 Å². The summed E-state index contributed by atoms with van der Waals surface area (Å²) in [5, 5.41) is 14.4. The van der Waals surface area contributed by atoms with E-state index in [0.717, 1.165) is 29.4 Å². The third-order valence-corrected chi connectivity index (χ3v) is 5.83. The second kappa shape index (κ2) is 10.8. The van der Waals surface area contributed by atoms with Crippen LogP contribution in [0.2, 0.25) is 0 Å². The van der Waals surface area contributed by atoms with Gasteiger partial charge < -0.3 is 25.3 Å². The number of hydrogen-bond acceptors (Lipinski definition) is 4. The molecule has 0 bridgehead atoms. The first-order valence-corrected chi connectivity index (χ1v) is 11.4. The van der Waals surface area contributed by atoms with Gasteiger partial charge in [-0.15, -0.1) is 0 Å². The molecule has 0 aliphatic carbocycles. The molecule has 2 amide bonds. The van der Waals surface area contributed by atoms with Gasteiger partial charge in [-0.25, -0.2) is 4.98 Å². The van der Waals surface area contributed by atoms with Crippen LogP contribution in [-0.4, -0.2) is 31.0 Å². The van der Waals surface area contributed by atoms with Crippen molar-refractivity contribution in [2.75, 3.05) is 5.32 Å². The fourth-order valence-electron chi connectivity index (χ4n) is 4.00. The predicted molar refractivity (Wildman–Crippen MR) is 131 cm³/mol. The first-order chi connectivity index (χ1) is 16.5. The van der Waals surface area contributed by atoms with Gasteiger partial charge in [-0.3, -0.25) is 9.59 Å². The summed E-state index contributed by atoms with van der Waals surface area (Å²) in [6.07, 6.45) is 7.43. The summed E-state index contributed by atoms with van der Waals surface area (Å²) in [4.78, 5) is 27.5. The van der Waals surface area contributed by atoms with E-state index in [1.807, 2.05) is 48.7 Å². The first kappa shape index (κ1) is 23.3. The molecule has 0 aliphatic rings. The summed E-state index contributed by atoms with van der Waals surface area (Å²) in [6.45, 7) is 0.701. The summed E-state index contributed by atoms with van der Waals surface area (Å²) in [7, 11) is 0. The lowest BCUT2D eigenvalue weighted by Gasteiger charge is -2.13. The number of benzene rings is 2. The van der Waals surface area contributed by atoms with Crippen LogP contribution in [0.15, 0.2) is 73.3 Å². The Labute approximate surface area is 198 Å². The van der Waals surface area contributed by atoms with Gasteiger partial charge in [0.25, 0.3) is 5.91 Å². The zero-order valence-corrected chi connectivity index (χ0v) is 18.9. The smallest absolute Gasteiger partial charge is 0.268 e. The highest BCUT2D eigenvalue weighted by Crippen LogP contribution is 2.22. The van der Waals surface area contributed by atoms with E-state index in [-0.39, 0.29) is 11.6 Å². The number of primary amides is 1. The maximum Gasteiger partial charge on any atom is 0.268 e. The highest BCUT2D eigenvalue weighted by Gasteiger charge is 2.11. The number of nitrogens with two attached hydrogens (primary N) is 1. The molecule has 8 heteroatoms. The van der Waals surface area contributed by atoms with Crippen LogP contribution >= 0.6 is 0 Å². The molecule has 0 aliphatic heterocycles. The van der Waals surface area contributed by atoms with Gasteiger partial charge in [0.1, 0.15) is 11.9 Å². The third-order valence-electron chi connectivity index (χ3n) is 5.83. The minimum Gasteiger partial charge on any atom is -0.373 e. The number of nitrogens with zero attached hydrogens (tertiary/aromatic N) is 3. The van der Waals surface area contributed by atoms with Crippen molar-refractivity contribution in [3.63, 3.8) is 0 Å². The van der Waals surface area contributed by atoms with Crippen LogP contribution in [0.4, 0.5) is 5.69 Å². The number of hydrogen-bond donors (Lipinski definition) is 3. The quantitative estimate of drug-likeness (QED) is 0.316. The van der Waals surface area contributed by atoms with E-state index in [9.17, 15) is 14.7 Å². The Morgan fingerprint density at radius 3 is 2.68 bits per heavy atom. The Kier molecular flexibility index (Phi) is 7.39. The van der Waals surface area contributed by atoms with Gasteiger partial charge in [0.2, 0.25) is 5.91 Å². The molecule has 1 unspecified atom stereocenters. The number of fused-ring (bicyclic) bond motifs is 1. The van der Waals surface area contributed by atoms with Crippen molar-refractivity contribution in [1.29, 1.82) is 0 Å². The Hall–Kier alpha value is -3.91. The first-order valence-electron chi connectivity index (χ1n) is 11.4. The van der Waals surface area contributed by atoms with Gasteiger partial charge in [-0.05, 0) is 54.8 Å². The SMILES string of the molecule is NC(=O)c1cn(C(O)CCCn2ccc3ccc(NC(=O)CCCc4ccccc4)cc32)cn1. The van der Waals surface area contributed by atoms with Crippen molar-refractivity contribution >= 4 is 28.4 Å². The van der Waals surface area contributed by atoms with Gasteiger partial charge in [0.05, 0.1) is 11.8 Å². The molecule has 2 aromatic carbocycles. The molecule has 0 radical (unpaired) electrons. The van der Waals surface area contributed by atoms with Gasteiger partial charge in [-0.1, -0.05) is 36.4 Å². The van der Waals surface area contributed by atoms with Crippen molar-refractivity contribution in [2.24, 2.45) is 5.73 Å². The summed E-state index contributed by atoms with van der Waals surface area (Å²) in [5.74, 6) is -0.615. The minimum absolute atomic E-state index is 0.00664. The highest BCUT2D eigenvalue weighted by molar-refractivity contribution is 5.93. The second-order valence-electron chi connectivity index (χ2n) is 8.36. The molecular formula is C26H29N5O3. The molecule has 0 spiro atoms. The molecule has 1 atom stereocenters. The monoisotopic (exact) mass is 459 g/mol. The molecule has 4 aromatic rings. The summed E-state index contributed by atoms with van der Waals surface area (Å²) in [5.41, 5.74) is 8.37. The summed E-state index contributed by atoms with van der Waals surface area (Å²) < 4.78 is 3.59. The molecule has 4 rings (SSSR count). The summed E-state index contributed by atoms with van der Waals surface area (Å²) in [6, 6.07) is 18.1. The van der Waals surface area contributed by atoms with Gasteiger partial charge in [0, 0.05) is 31.0 Å². The van der Waals surface area contributed by atoms with Crippen molar-refractivity contribution in [3.8, 4) is 0 Å². The lowest BCUT2D eigenvalue weighted by Crippen LogP contribution is -2.12. The van der Waals surface area contributed by atoms with E-state index < -0.39 is 12.1 Å². The molecule has 4 N–H and O–H groups in total. The maximum atomic E-state index is 12.4. The maximum absolute atomic E-state index is 12.4. The van der Waals surface area contributed by atoms with Crippen LogP contribution in [0.3, 0.4) is 0 Å². The predicted octanol–water partition coefficient (Wildman–Crippen LogP) is 3.87. The van der Waals surface area contributed by atoms with Crippen LogP contribution in [0.5, 0.6) is 0 Å². The number of aliphatic hydroxyl groups excluding tert-OH is 1. The molecule has 2 aromatic heterocycles. The lowest BCUT2D eigenvalue weighted by atomic mass is 10.1. The third kappa shape index (κ3) is 5.90. The molecule has 0 fully saturated rings. The van der Waals surface area contributed by atoms with Crippen LogP contribution in [0.1, 0.15) is 48.0 Å². The number of amides is 2. The van der Waals surface area contributed by atoms with Gasteiger partial charge in [0.15, 0.2) is 0 Å². The van der Waals surface area contributed by atoms with Crippen LogP contribution in [0, 0.1) is 0 Å². The number of aryl methyl sites for hydroxylation is 2. The fraction of sp³-hybridized carbons (Fsp3) is 0.269. The summed E-state index contributed by atoms with van der Waals surface area (Å²) >= 11 is 0. The molecule has 0 saturated carbocycles. The zero-order chi connectivity index (χ0) is 23.9. The molecular weight excluding hydrogens is 430 g/mol. The van der Waals surface area contributed by atoms with E-state index >= 15 is 0 Å². The number of imidazole rings is 1. The number of aromatic nitrogens is 3. The Morgan fingerprint density at radius 2 is 1.91 bits per heavy atom. The second-order valence-corrected chi connectivity index (χ2v) is 8.36. The number of anilines is 1. The van der Waals surface area contributed by atoms with Crippen molar-refractivity contribution in [2.45, 2.75) is 44.9 Å². The normalized spacial score (nSPS) is 12.0. The van der Waals surface area contributed by atoms with E-state index in [1.165, 1.54) is 22.7 Å². The Balaban J connectivity index is 1.30. The molecule has 8 nitrogen and oxygen atoms in total. The van der Waals surface area contributed by atoms with Gasteiger partial charge in [-0.2, -0.15) is 0 Å². The van der Waals surface area contributed by atoms with Crippen LogP contribution in [-0.2, 0) is 17.8 Å². The number of carbonyl (C=O) groups excluding carboxylic acids is 2. The van der Waals surface area contributed by atoms with Crippen molar-refractivity contribution in [3.05, 3.63) is 84.6 Å². The Bertz CT molecular complexity index is 1260. The van der Waals surface area contributed by atoms with E-state index in [0.29, 0.717) is 25.8 Å². The van der Waals surface area contributed by atoms with Crippen LogP contribution in [0.25, 0.3) is 10.9 Å². The number of aliphatic hydroxyl groups is 1. The molecule has 2 heterocycles. The average Bonchev–Trinajstić information content (AvgIpc) is 3.48.